The highest BCUT2D eigenvalue weighted by atomic mass is 79.9. The molecule has 2 heterocycles. The third-order valence-electron chi connectivity index (χ3n) is 3.55. The number of aromatic nitrogens is 2. The second-order valence-corrected chi connectivity index (χ2v) is 5.59. The van der Waals surface area contributed by atoms with Crippen molar-refractivity contribution in [3.63, 3.8) is 0 Å². The van der Waals surface area contributed by atoms with Crippen LogP contribution in [0.2, 0.25) is 0 Å². The van der Waals surface area contributed by atoms with Gasteiger partial charge in [-0.05, 0) is 18.9 Å². The van der Waals surface area contributed by atoms with Gasteiger partial charge in [-0.2, -0.15) is 0 Å². The molecule has 3 rings (SSSR count). The number of hydrogen-bond acceptors (Lipinski definition) is 2. The first kappa shape index (κ1) is 15.1. The van der Waals surface area contributed by atoms with Crippen molar-refractivity contribution in [1.82, 2.24) is 9.55 Å². The lowest BCUT2D eigenvalue weighted by Gasteiger charge is -2.22. The summed E-state index contributed by atoms with van der Waals surface area (Å²) in [4.78, 5) is 15.6. The molecule has 0 aliphatic carbocycles. The summed E-state index contributed by atoms with van der Waals surface area (Å²) < 4.78 is 3.00. The quantitative estimate of drug-likeness (QED) is 0.896. The van der Waals surface area contributed by atoms with Crippen LogP contribution < -0.4 is 0 Å². The number of hydrogen-bond donors (Lipinski definition) is 1. The fourth-order valence-electron chi connectivity index (χ4n) is 2.51. The number of benzene rings is 1. The summed E-state index contributed by atoms with van der Waals surface area (Å²) in [5, 5.41) is 9.17. The number of carboxylic acid groups (broad SMARTS) is 1. The highest BCUT2D eigenvalue weighted by Crippen LogP contribution is 2.31. The third-order valence-corrected chi connectivity index (χ3v) is 4.25. The lowest BCUT2D eigenvalue weighted by atomic mass is 9.98. The van der Waals surface area contributed by atoms with Crippen molar-refractivity contribution in [1.29, 1.82) is 0 Å². The molecule has 4 nitrogen and oxygen atoms in total. The fourth-order valence-corrected chi connectivity index (χ4v) is 2.97. The summed E-state index contributed by atoms with van der Waals surface area (Å²) in [5.74, 6) is -0.200. The number of aryl methyl sites for hydroxylation is 1. The molecule has 1 aliphatic rings. The molecule has 1 atom stereocenters. The Hall–Kier alpha value is -1.33. The van der Waals surface area contributed by atoms with E-state index < -0.39 is 5.97 Å². The standard InChI is InChI=1S/C14H13BrN2O2.ClH/c15-12-4-2-1-3-11(12)13-16-7-10-6-5-9(14(18)19)8-17(10)13;/h1-4,7,9H,5-6,8H2,(H,18,19);1H. The molecule has 0 saturated heterocycles. The van der Waals surface area contributed by atoms with Crippen molar-refractivity contribution >= 4 is 34.3 Å². The molecular weight excluding hydrogens is 344 g/mol. The fraction of sp³-hybridized carbons (Fsp3) is 0.286. The molecule has 0 radical (unpaired) electrons. The molecule has 0 spiro atoms. The van der Waals surface area contributed by atoms with E-state index in [9.17, 15) is 9.90 Å². The normalized spacial score (nSPS) is 17.1. The van der Waals surface area contributed by atoms with Crippen molar-refractivity contribution in [3.8, 4) is 11.4 Å². The van der Waals surface area contributed by atoms with Crippen molar-refractivity contribution in [2.24, 2.45) is 5.92 Å². The molecule has 106 valence electrons. The van der Waals surface area contributed by atoms with Crippen molar-refractivity contribution in [2.45, 2.75) is 19.4 Å². The maximum atomic E-state index is 11.2. The number of imidazole rings is 1. The Balaban J connectivity index is 0.00000147. The monoisotopic (exact) mass is 356 g/mol. The molecule has 0 saturated carbocycles. The van der Waals surface area contributed by atoms with Gasteiger partial charge in [-0.15, -0.1) is 12.4 Å². The van der Waals surface area contributed by atoms with E-state index >= 15 is 0 Å². The van der Waals surface area contributed by atoms with Crippen LogP contribution in [0.1, 0.15) is 12.1 Å². The van der Waals surface area contributed by atoms with Gasteiger partial charge in [-0.3, -0.25) is 4.79 Å². The predicted octanol–water partition coefficient (Wildman–Crippen LogP) is 3.38. The molecular formula is C14H14BrClN2O2. The minimum atomic E-state index is -0.725. The summed E-state index contributed by atoms with van der Waals surface area (Å²) in [5.41, 5.74) is 2.11. The van der Waals surface area contributed by atoms with Crippen LogP contribution in [0, 0.1) is 5.92 Å². The molecule has 0 amide bonds. The lowest BCUT2D eigenvalue weighted by molar-refractivity contribution is -0.142. The predicted molar refractivity (Wildman–Crippen MR) is 82.1 cm³/mol. The average Bonchev–Trinajstić information content (AvgIpc) is 2.82. The van der Waals surface area contributed by atoms with Crippen molar-refractivity contribution < 1.29 is 9.90 Å². The van der Waals surface area contributed by atoms with E-state index in [4.69, 9.17) is 0 Å². The first-order valence-corrected chi connectivity index (χ1v) is 6.98. The Morgan fingerprint density at radius 1 is 1.40 bits per heavy atom. The van der Waals surface area contributed by atoms with Gasteiger partial charge in [0.25, 0.3) is 0 Å². The molecule has 20 heavy (non-hydrogen) atoms. The van der Waals surface area contributed by atoms with E-state index in [2.05, 4.69) is 20.9 Å². The number of carbonyl (C=O) groups is 1. The second kappa shape index (κ2) is 5.97. The summed E-state index contributed by atoms with van der Waals surface area (Å²) >= 11 is 3.52. The number of rotatable bonds is 2. The van der Waals surface area contributed by atoms with E-state index in [-0.39, 0.29) is 18.3 Å². The van der Waals surface area contributed by atoms with Gasteiger partial charge >= 0.3 is 5.97 Å². The van der Waals surface area contributed by atoms with Crippen molar-refractivity contribution in [3.05, 3.63) is 40.6 Å². The van der Waals surface area contributed by atoms with Crippen LogP contribution in [0.4, 0.5) is 0 Å². The maximum absolute atomic E-state index is 11.2. The molecule has 1 aromatic heterocycles. The molecule has 1 aliphatic heterocycles. The Bertz CT molecular complexity index is 642. The zero-order valence-electron chi connectivity index (χ0n) is 10.6. The third kappa shape index (κ3) is 2.60. The van der Waals surface area contributed by atoms with Crippen LogP contribution in [0.5, 0.6) is 0 Å². The zero-order valence-corrected chi connectivity index (χ0v) is 13.0. The molecule has 0 fully saturated rings. The van der Waals surface area contributed by atoms with Gasteiger partial charge in [0.05, 0.1) is 5.92 Å². The Morgan fingerprint density at radius 3 is 2.85 bits per heavy atom. The van der Waals surface area contributed by atoms with Gasteiger partial charge in [0.2, 0.25) is 0 Å². The summed E-state index contributed by atoms with van der Waals surface area (Å²) in [7, 11) is 0. The van der Waals surface area contributed by atoms with E-state index in [0.29, 0.717) is 13.0 Å². The molecule has 1 aromatic carbocycles. The van der Waals surface area contributed by atoms with E-state index in [1.165, 1.54) is 0 Å². The van der Waals surface area contributed by atoms with Gasteiger partial charge < -0.3 is 9.67 Å². The number of carboxylic acids is 1. The smallest absolute Gasteiger partial charge is 0.308 e. The molecule has 6 heteroatoms. The van der Waals surface area contributed by atoms with Gasteiger partial charge in [-0.25, -0.2) is 4.98 Å². The second-order valence-electron chi connectivity index (χ2n) is 4.74. The SMILES string of the molecule is Cl.O=C(O)C1CCc2cnc(-c3ccccc3Br)n2C1. The topological polar surface area (TPSA) is 55.1 Å². The van der Waals surface area contributed by atoms with Crippen LogP contribution in [0.3, 0.4) is 0 Å². The largest absolute Gasteiger partial charge is 0.481 e. The summed E-state index contributed by atoms with van der Waals surface area (Å²) in [6.45, 7) is 0.501. The zero-order chi connectivity index (χ0) is 13.4. The Kier molecular flexibility index (Phi) is 4.50. The van der Waals surface area contributed by atoms with Crippen molar-refractivity contribution in [2.75, 3.05) is 0 Å². The molecule has 2 aromatic rings. The average molecular weight is 358 g/mol. The van der Waals surface area contributed by atoms with Crippen LogP contribution >= 0.6 is 28.3 Å². The maximum Gasteiger partial charge on any atom is 0.308 e. The van der Waals surface area contributed by atoms with E-state index in [1.807, 2.05) is 35.0 Å². The Morgan fingerprint density at radius 2 is 2.15 bits per heavy atom. The molecule has 0 bridgehead atoms. The minimum absolute atomic E-state index is 0. The summed E-state index contributed by atoms with van der Waals surface area (Å²) in [6.07, 6.45) is 3.32. The number of halogens is 2. The first-order chi connectivity index (χ1) is 9.16. The molecule has 1 N–H and O–H groups in total. The number of aliphatic carboxylic acids is 1. The van der Waals surface area contributed by atoms with Gasteiger partial charge in [0.1, 0.15) is 5.82 Å². The Labute approximate surface area is 131 Å². The number of fused-ring (bicyclic) bond motifs is 1. The van der Waals surface area contributed by atoms with Crippen LogP contribution in [-0.4, -0.2) is 20.6 Å². The van der Waals surface area contributed by atoms with E-state index in [0.717, 1.165) is 28.0 Å². The first-order valence-electron chi connectivity index (χ1n) is 6.19. The lowest BCUT2D eigenvalue weighted by Crippen LogP contribution is -2.26. The molecule has 1 unspecified atom stereocenters. The van der Waals surface area contributed by atoms with Crippen LogP contribution in [0.15, 0.2) is 34.9 Å². The van der Waals surface area contributed by atoms with Gasteiger partial charge in [0.15, 0.2) is 0 Å². The highest BCUT2D eigenvalue weighted by Gasteiger charge is 2.26. The van der Waals surface area contributed by atoms with Gasteiger partial charge in [0, 0.05) is 28.5 Å². The summed E-state index contributed by atoms with van der Waals surface area (Å²) in [6, 6.07) is 7.87. The number of nitrogens with zero attached hydrogens (tertiary/aromatic N) is 2. The van der Waals surface area contributed by atoms with Crippen LogP contribution in [0.25, 0.3) is 11.4 Å². The van der Waals surface area contributed by atoms with Crippen LogP contribution in [-0.2, 0) is 17.8 Å². The van der Waals surface area contributed by atoms with E-state index in [1.54, 1.807) is 0 Å². The highest BCUT2D eigenvalue weighted by molar-refractivity contribution is 9.10. The minimum Gasteiger partial charge on any atom is -0.481 e. The van der Waals surface area contributed by atoms with Gasteiger partial charge in [-0.1, -0.05) is 34.1 Å².